The van der Waals surface area contributed by atoms with E-state index in [1.807, 2.05) is 19.1 Å². The summed E-state index contributed by atoms with van der Waals surface area (Å²) < 4.78 is 50.2. The zero-order valence-corrected chi connectivity index (χ0v) is 15.6. The van der Waals surface area contributed by atoms with Crippen molar-refractivity contribution in [3.05, 3.63) is 59.2 Å². The van der Waals surface area contributed by atoms with Crippen molar-refractivity contribution in [3.8, 4) is 11.5 Å². The number of hydrogen-bond donors (Lipinski definition) is 0. The highest BCUT2D eigenvalue weighted by molar-refractivity contribution is 6.03. The van der Waals surface area contributed by atoms with Crippen LogP contribution in [0.1, 0.15) is 29.2 Å². The van der Waals surface area contributed by atoms with Crippen molar-refractivity contribution in [1.29, 1.82) is 0 Å². The summed E-state index contributed by atoms with van der Waals surface area (Å²) in [5, 5.41) is 4.53. The molecule has 1 amide bonds. The van der Waals surface area contributed by atoms with E-state index in [1.54, 1.807) is 30.3 Å². The molecule has 1 aliphatic rings. The van der Waals surface area contributed by atoms with Crippen LogP contribution in [0, 0.1) is 6.92 Å². The molecule has 1 atom stereocenters. The SMILES string of the molecule is COc1cccc(C2CC(c3cccc(C)c3)=NN2C(=O)C(F)(F)F)c1OC. The van der Waals surface area contributed by atoms with E-state index in [-0.39, 0.29) is 12.2 Å². The lowest BCUT2D eigenvalue weighted by Crippen LogP contribution is -2.38. The van der Waals surface area contributed by atoms with Crippen molar-refractivity contribution in [2.75, 3.05) is 14.2 Å². The van der Waals surface area contributed by atoms with Gasteiger partial charge in [0.25, 0.3) is 0 Å². The minimum Gasteiger partial charge on any atom is -0.493 e. The van der Waals surface area contributed by atoms with Gasteiger partial charge in [-0.25, -0.2) is 5.01 Å². The highest BCUT2D eigenvalue weighted by atomic mass is 19.4. The first-order valence-corrected chi connectivity index (χ1v) is 8.52. The van der Waals surface area contributed by atoms with Crippen LogP contribution in [0.2, 0.25) is 0 Å². The molecular weight excluding hydrogens is 373 g/mol. The van der Waals surface area contributed by atoms with Gasteiger partial charge in [0.2, 0.25) is 0 Å². The number of hydrazone groups is 1. The quantitative estimate of drug-likeness (QED) is 0.782. The minimum absolute atomic E-state index is 0.120. The zero-order chi connectivity index (χ0) is 20.5. The van der Waals surface area contributed by atoms with Crippen LogP contribution < -0.4 is 9.47 Å². The number of carbonyl (C=O) groups excluding carboxylic acids is 1. The molecule has 148 valence electrons. The third-order valence-corrected chi connectivity index (χ3v) is 4.50. The van der Waals surface area contributed by atoms with Gasteiger partial charge in [-0.2, -0.15) is 18.3 Å². The third kappa shape index (κ3) is 3.67. The molecule has 0 fully saturated rings. The molecule has 0 bridgehead atoms. The molecule has 1 aliphatic heterocycles. The van der Waals surface area contributed by atoms with Gasteiger partial charge < -0.3 is 9.47 Å². The molecule has 5 nitrogen and oxygen atoms in total. The highest BCUT2D eigenvalue weighted by Gasteiger charge is 2.48. The van der Waals surface area contributed by atoms with Crippen molar-refractivity contribution < 1.29 is 27.4 Å². The average Bonchev–Trinajstić information content (AvgIpc) is 3.10. The Morgan fingerprint density at radius 3 is 2.46 bits per heavy atom. The standard InChI is InChI=1S/C20H19F3N2O3/c1-12-6-4-7-13(10-12)15-11-16(25(24-15)19(26)20(21,22)23)14-8-5-9-17(27-2)18(14)28-3/h4-10,16H,11H2,1-3H3. The summed E-state index contributed by atoms with van der Waals surface area (Å²) in [7, 11) is 2.83. The summed E-state index contributed by atoms with van der Waals surface area (Å²) in [6, 6.07) is 11.2. The Bertz CT molecular complexity index is 925. The van der Waals surface area contributed by atoms with E-state index in [4.69, 9.17) is 9.47 Å². The van der Waals surface area contributed by atoms with Gasteiger partial charge in [-0.05, 0) is 18.6 Å². The lowest BCUT2D eigenvalue weighted by Gasteiger charge is -2.25. The molecule has 2 aromatic carbocycles. The van der Waals surface area contributed by atoms with E-state index in [9.17, 15) is 18.0 Å². The van der Waals surface area contributed by atoms with Crippen LogP contribution >= 0.6 is 0 Å². The fourth-order valence-corrected chi connectivity index (χ4v) is 3.24. The van der Waals surface area contributed by atoms with Gasteiger partial charge >= 0.3 is 12.1 Å². The molecule has 1 unspecified atom stereocenters. The molecule has 0 aliphatic carbocycles. The molecule has 0 spiro atoms. The Morgan fingerprint density at radius 2 is 1.86 bits per heavy atom. The topological polar surface area (TPSA) is 51.1 Å². The number of methoxy groups -OCH3 is 2. The lowest BCUT2D eigenvalue weighted by molar-refractivity contribution is -0.187. The molecule has 1 heterocycles. The van der Waals surface area contributed by atoms with Crippen molar-refractivity contribution >= 4 is 11.6 Å². The maximum Gasteiger partial charge on any atom is 0.473 e. The number of para-hydroxylation sites is 1. The van der Waals surface area contributed by atoms with Crippen LogP contribution in [-0.4, -0.2) is 37.0 Å². The molecule has 0 N–H and O–H groups in total. The fourth-order valence-electron chi connectivity index (χ4n) is 3.24. The van der Waals surface area contributed by atoms with E-state index in [0.29, 0.717) is 27.6 Å². The van der Waals surface area contributed by atoms with Crippen molar-refractivity contribution in [1.82, 2.24) is 5.01 Å². The predicted octanol–water partition coefficient (Wildman–Crippen LogP) is 4.25. The Balaban J connectivity index is 2.09. The zero-order valence-electron chi connectivity index (χ0n) is 15.6. The monoisotopic (exact) mass is 392 g/mol. The Labute approximate surface area is 160 Å². The van der Waals surface area contributed by atoms with E-state index in [1.165, 1.54) is 14.2 Å². The number of aryl methyl sites for hydroxylation is 1. The molecule has 2 aromatic rings. The number of rotatable bonds is 4. The largest absolute Gasteiger partial charge is 0.493 e. The third-order valence-electron chi connectivity index (χ3n) is 4.50. The first-order chi connectivity index (χ1) is 13.3. The van der Waals surface area contributed by atoms with Crippen molar-refractivity contribution in [3.63, 3.8) is 0 Å². The Morgan fingerprint density at radius 1 is 1.14 bits per heavy atom. The van der Waals surface area contributed by atoms with Crippen LogP contribution in [-0.2, 0) is 4.79 Å². The number of alkyl halides is 3. The first kappa shape index (κ1) is 19.7. The summed E-state index contributed by atoms with van der Waals surface area (Å²) in [4.78, 5) is 12.1. The van der Waals surface area contributed by atoms with Gasteiger partial charge in [-0.1, -0.05) is 42.0 Å². The summed E-state index contributed by atoms with van der Waals surface area (Å²) >= 11 is 0. The highest BCUT2D eigenvalue weighted by Crippen LogP contribution is 2.42. The summed E-state index contributed by atoms with van der Waals surface area (Å²) in [6.45, 7) is 1.88. The summed E-state index contributed by atoms with van der Waals surface area (Å²) in [5.41, 5.74) is 2.41. The lowest BCUT2D eigenvalue weighted by atomic mass is 9.96. The van der Waals surface area contributed by atoms with Gasteiger partial charge in [-0.3, -0.25) is 4.79 Å². The van der Waals surface area contributed by atoms with Gasteiger partial charge in [-0.15, -0.1) is 0 Å². The second kappa shape index (κ2) is 7.53. The summed E-state index contributed by atoms with van der Waals surface area (Å²) in [6.07, 6.45) is -4.93. The number of amides is 1. The van der Waals surface area contributed by atoms with E-state index < -0.39 is 18.1 Å². The van der Waals surface area contributed by atoms with E-state index in [0.717, 1.165) is 5.56 Å². The van der Waals surface area contributed by atoms with Crippen molar-refractivity contribution in [2.45, 2.75) is 25.6 Å². The fraction of sp³-hybridized carbons (Fsp3) is 0.300. The van der Waals surface area contributed by atoms with Gasteiger partial charge in [0.05, 0.1) is 26.0 Å². The minimum atomic E-state index is -5.05. The Hall–Kier alpha value is -3.03. The summed E-state index contributed by atoms with van der Waals surface area (Å²) in [5.74, 6) is -1.39. The molecule has 28 heavy (non-hydrogen) atoms. The second-order valence-corrected chi connectivity index (χ2v) is 6.37. The molecule has 0 saturated heterocycles. The smallest absolute Gasteiger partial charge is 0.473 e. The first-order valence-electron chi connectivity index (χ1n) is 8.52. The normalized spacial score (nSPS) is 16.7. The van der Waals surface area contributed by atoms with Crippen LogP contribution in [0.3, 0.4) is 0 Å². The van der Waals surface area contributed by atoms with E-state index >= 15 is 0 Å². The number of nitrogens with zero attached hydrogens (tertiary/aromatic N) is 2. The molecule has 0 aromatic heterocycles. The number of benzene rings is 2. The second-order valence-electron chi connectivity index (χ2n) is 6.37. The molecule has 3 rings (SSSR count). The van der Waals surface area contributed by atoms with Gasteiger partial charge in [0, 0.05) is 12.0 Å². The van der Waals surface area contributed by atoms with Crippen LogP contribution in [0.5, 0.6) is 11.5 Å². The van der Waals surface area contributed by atoms with Crippen LogP contribution in [0.25, 0.3) is 0 Å². The Kier molecular flexibility index (Phi) is 5.31. The predicted molar refractivity (Wildman–Crippen MR) is 97.5 cm³/mol. The molecular formula is C20H19F3N2O3. The number of halogens is 3. The number of ether oxygens (including phenoxy) is 2. The maximum atomic E-state index is 13.2. The number of carbonyl (C=O) groups is 1. The average molecular weight is 392 g/mol. The molecule has 0 saturated carbocycles. The van der Waals surface area contributed by atoms with Gasteiger partial charge in [0.15, 0.2) is 11.5 Å². The van der Waals surface area contributed by atoms with E-state index in [2.05, 4.69) is 5.10 Å². The molecule has 0 radical (unpaired) electrons. The number of hydrogen-bond acceptors (Lipinski definition) is 4. The molecule has 8 heteroatoms. The maximum absolute atomic E-state index is 13.2. The van der Waals surface area contributed by atoms with Crippen molar-refractivity contribution in [2.24, 2.45) is 5.10 Å². The van der Waals surface area contributed by atoms with Gasteiger partial charge in [0.1, 0.15) is 0 Å². The van der Waals surface area contributed by atoms with Crippen LogP contribution in [0.4, 0.5) is 13.2 Å². The van der Waals surface area contributed by atoms with Crippen LogP contribution in [0.15, 0.2) is 47.6 Å².